The van der Waals surface area contributed by atoms with E-state index in [1.54, 1.807) is 4.90 Å². The summed E-state index contributed by atoms with van der Waals surface area (Å²) in [6, 6.07) is 7.63. The normalized spacial score (nSPS) is 17.6. The summed E-state index contributed by atoms with van der Waals surface area (Å²) in [6.45, 7) is 1.32. The van der Waals surface area contributed by atoms with Crippen molar-refractivity contribution in [3.8, 4) is 0 Å². The zero-order chi connectivity index (χ0) is 19.3. The van der Waals surface area contributed by atoms with Crippen LogP contribution < -0.4 is 10.2 Å². The highest BCUT2D eigenvalue weighted by Crippen LogP contribution is 2.24. The third-order valence-electron chi connectivity index (χ3n) is 5.78. The molecule has 1 N–H and O–H groups in total. The Morgan fingerprint density at radius 2 is 1.96 bits per heavy atom. The van der Waals surface area contributed by atoms with Crippen LogP contribution in [0.1, 0.15) is 63.0 Å². The quantitative estimate of drug-likeness (QED) is 0.807. The summed E-state index contributed by atoms with van der Waals surface area (Å²) >= 11 is 6.21. The van der Waals surface area contributed by atoms with Gasteiger partial charge in [0.1, 0.15) is 5.82 Å². The molecule has 1 fully saturated rings. The second kappa shape index (κ2) is 8.95. The minimum absolute atomic E-state index is 0.0832. The molecule has 150 valence electrons. The molecule has 28 heavy (non-hydrogen) atoms. The summed E-state index contributed by atoms with van der Waals surface area (Å²) in [6.07, 6.45) is 10.2. The van der Waals surface area contributed by atoms with Gasteiger partial charge in [0.25, 0.3) is 0 Å². The molecule has 4 rings (SSSR count). The number of nitrogens with one attached hydrogen (secondary N) is 1. The summed E-state index contributed by atoms with van der Waals surface area (Å²) in [5.74, 6) is 1.88. The number of hydrogen-bond donors (Lipinski definition) is 1. The van der Waals surface area contributed by atoms with Crippen molar-refractivity contribution in [2.45, 2.75) is 76.9 Å². The first-order chi connectivity index (χ1) is 13.7. The Balaban J connectivity index is 1.58. The first kappa shape index (κ1) is 19.2. The topological polar surface area (TPSA) is 63.1 Å². The number of rotatable bonds is 4. The summed E-state index contributed by atoms with van der Waals surface area (Å²) in [7, 11) is 0. The number of benzene rings is 1. The molecule has 1 aromatic carbocycles. The van der Waals surface area contributed by atoms with Gasteiger partial charge in [-0.1, -0.05) is 43.4 Å². The monoisotopic (exact) mass is 401 g/mol. The standard InChI is InChI=1S/C21H28ClN5O/c22-16-8-7-11-18(14-16)27(21(28)23-17-9-3-1-4-10-17)15-20-25-24-19-12-5-2-6-13-26(19)20/h7-8,11,14,17H,1-6,9-10,12-13,15H2,(H,23,28). The number of fused-ring (bicyclic) bond motifs is 1. The lowest BCUT2D eigenvalue weighted by Crippen LogP contribution is -2.45. The summed E-state index contributed by atoms with van der Waals surface area (Å²) in [5.41, 5.74) is 0.784. The van der Waals surface area contributed by atoms with Gasteiger partial charge in [0.15, 0.2) is 5.82 Å². The molecule has 0 saturated heterocycles. The van der Waals surface area contributed by atoms with Crippen molar-refractivity contribution in [2.75, 3.05) is 4.90 Å². The van der Waals surface area contributed by atoms with Crippen molar-refractivity contribution in [2.24, 2.45) is 0 Å². The molecule has 1 aliphatic carbocycles. The number of anilines is 1. The van der Waals surface area contributed by atoms with Gasteiger partial charge in [0, 0.05) is 29.7 Å². The van der Waals surface area contributed by atoms with Crippen LogP contribution in [0.2, 0.25) is 5.02 Å². The van der Waals surface area contributed by atoms with E-state index >= 15 is 0 Å². The van der Waals surface area contributed by atoms with Gasteiger partial charge in [-0.05, 0) is 43.9 Å². The molecule has 2 aliphatic rings. The smallest absolute Gasteiger partial charge is 0.322 e. The van der Waals surface area contributed by atoms with Crippen LogP contribution in [0.25, 0.3) is 0 Å². The molecular weight excluding hydrogens is 374 g/mol. The lowest BCUT2D eigenvalue weighted by molar-refractivity contribution is 0.237. The predicted octanol–water partition coefficient (Wildman–Crippen LogP) is 4.71. The molecule has 6 nitrogen and oxygen atoms in total. The average molecular weight is 402 g/mol. The number of carbonyl (C=O) groups excluding carboxylic acids is 1. The fourth-order valence-corrected chi connectivity index (χ4v) is 4.41. The zero-order valence-electron chi connectivity index (χ0n) is 16.2. The number of urea groups is 1. The SMILES string of the molecule is O=C(NC1CCCCC1)N(Cc1nnc2n1CCCCC2)c1cccc(Cl)c1. The van der Waals surface area contributed by atoms with Gasteiger partial charge in [-0.2, -0.15) is 0 Å². The molecule has 1 aliphatic heterocycles. The zero-order valence-corrected chi connectivity index (χ0v) is 17.0. The lowest BCUT2D eigenvalue weighted by atomic mass is 9.96. The Hall–Kier alpha value is -2.08. The Morgan fingerprint density at radius 1 is 1.14 bits per heavy atom. The Kier molecular flexibility index (Phi) is 6.15. The van der Waals surface area contributed by atoms with E-state index in [2.05, 4.69) is 20.1 Å². The Labute approximate surface area is 171 Å². The van der Waals surface area contributed by atoms with Crippen LogP contribution in [-0.2, 0) is 19.5 Å². The first-order valence-electron chi connectivity index (χ1n) is 10.5. The van der Waals surface area contributed by atoms with Crippen LogP contribution in [0.3, 0.4) is 0 Å². The van der Waals surface area contributed by atoms with Crippen molar-refractivity contribution in [1.29, 1.82) is 0 Å². The summed E-state index contributed by atoms with van der Waals surface area (Å²) < 4.78 is 2.19. The number of nitrogens with zero attached hydrogens (tertiary/aromatic N) is 4. The molecule has 0 radical (unpaired) electrons. The Morgan fingerprint density at radius 3 is 2.79 bits per heavy atom. The number of halogens is 1. The summed E-state index contributed by atoms with van der Waals surface area (Å²) in [4.78, 5) is 15.0. The maximum absolute atomic E-state index is 13.2. The largest absolute Gasteiger partial charge is 0.335 e. The van der Waals surface area contributed by atoms with Gasteiger partial charge in [-0.3, -0.25) is 4.90 Å². The fraction of sp³-hybridized carbons (Fsp3) is 0.571. The maximum atomic E-state index is 13.2. The molecule has 0 spiro atoms. The molecule has 1 aromatic heterocycles. The van der Waals surface area contributed by atoms with Crippen molar-refractivity contribution < 1.29 is 4.79 Å². The van der Waals surface area contributed by atoms with E-state index in [9.17, 15) is 4.79 Å². The van der Waals surface area contributed by atoms with Gasteiger partial charge >= 0.3 is 6.03 Å². The van der Waals surface area contributed by atoms with Gasteiger partial charge in [-0.25, -0.2) is 4.79 Å². The fourth-order valence-electron chi connectivity index (χ4n) is 4.23. The van der Waals surface area contributed by atoms with Crippen molar-refractivity contribution in [3.05, 3.63) is 40.9 Å². The van der Waals surface area contributed by atoms with Crippen LogP contribution >= 0.6 is 11.6 Å². The third-order valence-corrected chi connectivity index (χ3v) is 6.02. The van der Waals surface area contributed by atoms with Crippen molar-refractivity contribution in [3.63, 3.8) is 0 Å². The van der Waals surface area contributed by atoms with Crippen LogP contribution in [0.4, 0.5) is 10.5 Å². The van der Waals surface area contributed by atoms with Gasteiger partial charge in [-0.15, -0.1) is 10.2 Å². The van der Waals surface area contributed by atoms with Gasteiger partial charge < -0.3 is 9.88 Å². The molecule has 0 atom stereocenters. The highest BCUT2D eigenvalue weighted by atomic mass is 35.5. The molecule has 0 bridgehead atoms. The number of carbonyl (C=O) groups is 1. The number of amides is 2. The predicted molar refractivity (Wildman–Crippen MR) is 111 cm³/mol. The molecule has 1 saturated carbocycles. The number of aryl methyl sites for hydroxylation is 1. The highest BCUT2D eigenvalue weighted by Gasteiger charge is 2.24. The van der Waals surface area contributed by atoms with Crippen LogP contribution in [0.15, 0.2) is 24.3 Å². The average Bonchev–Trinajstić information content (AvgIpc) is 2.92. The van der Waals surface area contributed by atoms with Crippen LogP contribution in [-0.4, -0.2) is 26.8 Å². The molecule has 7 heteroatoms. The first-order valence-corrected chi connectivity index (χ1v) is 10.8. The second-order valence-corrected chi connectivity index (χ2v) is 8.28. The molecular formula is C21H28ClN5O. The van der Waals surface area contributed by atoms with E-state index < -0.39 is 0 Å². The molecule has 2 aromatic rings. The van der Waals surface area contributed by atoms with E-state index in [0.29, 0.717) is 11.6 Å². The molecule has 0 unspecified atom stereocenters. The van der Waals surface area contributed by atoms with Crippen molar-refractivity contribution >= 4 is 23.3 Å². The Bertz CT molecular complexity index is 815. The van der Waals surface area contributed by atoms with Gasteiger partial charge in [0.2, 0.25) is 0 Å². The van der Waals surface area contributed by atoms with E-state index in [1.165, 1.54) is 25.7 Å². The lowest BCUT2D eigenvalue weighted by Gasteiger charge is -2.28. The third kappa shape index (κ3) is 4.49. The van der Waals surface area contributed by atoms with Gasteiger partial charge in [0.05, 0.1) is 6.54 Å². The van der Waals surface area contributed by atoms with E-state index in [1.807, 2.05) is 24.3 Å². The minimum Gasteiger partial charge on any atom is -0.335 e. The minimum atomic E-state index is -0.0832. The van der Waals surface area contributed by atoms with E-state index in [0.717, 1.165) is 56.0 Å². The number of hydrogen-bond acceptors (Lipinski definition) is 3. The van der Waals surface area contributed by atoms with Crippen LogP contribution in [0, 0.1) is 0 Å². The highest BCUT2D eigenvalue weighted by molar-refractivity contribution is 6.30. The molecule has 2 amide bonds. The van der Waals surface area contributed by atoms with Crippen LogP contribution in [0.5, 0.6) is 0 Å². The number of aromatic nitrogens is 3. The second-order valence-electron chi connectivity index (χ2n) is 7.85. The molecule has 2 heterocycles. The summed E-state index contributed by atoms with van der Waals surface area (Å²) in [5, 5.41) is 12.6. The maximum Gasteiger partial charge on any atom is 0.322 e. The van der Waals surface area contributed by atoms with Crippen molar-refractivity contribution in [1.82, 2.24) is 20.1 Å². The van der Waals surface area contributed by atoms with E-state index in [4.69, 9.17) is 11.6 Å². The van der Waals surface area contributed by atoms with E-state index in [-0.39, 0.29) is 12.1 Å².